The van der Waals surface area contributed by atoms with Gasteiger partial charge in [-0.1, -0.05) is 0 Å². The predicted octanol–water partition coefficient (Wildman–Crippen LogP) is 2.05. The van der Waals surface area contributed by atoms with Crippen LogP contribution >= 0.6 is 15.9 Å². The smallest absolute Gasteiger partial charge is 0.226 e. The highest BCUT2D eigenvalue weighted by Crippen LogP contribution is 2.23. The van der Waals surface area contributed by atoms with Crippen molar-refractivity contribution in [2.24, 2.45) is 0 Å². The molecule has 0 radical (unpaired) electrons. The lowest BCUT2D eigenvalue weighted by molar-refractivity contribution is 0.460. The summed E-state index contributed by atoms with van der Waals surface area (Å²) in [5, 5.41) is 2.87. The summed E-state index contributed by atoms with van der Waals surface area (Å²) in [5.74, 6) is 1.67. The Hall–Kier alpha value is -1.89. The molecule has 0 aliphatic rings. The zero-order valence-corrected chi connectivity index (χ0v) is 10.6. The molecule has 3 N–H and O–H groups in total. The van der Waals surface area contributed by atoms with E-state index in [1.165, 1.54) is 0 Å². The number of nitrogen functional groups attached to an aromatic ring is 1. The summed E-state index contributed by atoms with van der Waals surface area (Å²) < 4.78 is 6.34. The van der Waals surface area contributed by atoms with Crippen molar-refractivity contribution >= 4 is 27.7 Å². The number of anilines is 2. The fourth-order valence-electron chi connectivity index (χ4n) is 1.19. The molecule has 0 aromatic carbocycles. The van der Waals surface area contributed by atoms with Crippen molar-refractivity contribution < 1.29 is 4.74 Å². The minimum Gasteiger partial charge on any atom is -0.437 e. The maximum atomic E-state index is 5.55. The molecule has 2 aromatic rings. The number of nitrogens with two attached hydrogens (primary N) is 1. The van der Waals surface area contributed by atoms with E-state index in [9.17, 15) is 0 Å². The molecule has 0 aliphatic carbocycles. The van der Waals surface area contributed by atoms with E-state index in [4.69, 9.17) is 10.5 Å². The fourth-order valence-corrected chi connectivity index (χ4v) is 1.54. The second-order valence-corrected chi connectivity index (χ2v) is 4.06. The van der Waals surface area contributed by atoms with Crippen LogP contribution in [0.3, 0.4) is 0 Å². The van der Waals surface area contributed by atoms with Gasteiger partial charge in [-0.25, -0.2) is 0 Å². The van der Waals surface area contributed by atoms with Crippen LogP contribution in [0.1, 0.15) is 0 Å². The van der Waals surface area contributed by atoms with E-state index in [2.05, 4.69) is 36.2 Å². The Morgan fingerprint density at radius 1 is 1.29 bits per heavy atom. The molecule has 2 heterocycles. The first-order chi connectivity index (χ1) is 8.17. The molecule has 0 fully saturated rings. The Bertz CT molecular complexity index is 534. The molecule has 0 atom stereocenters. The van der Waals surface area contributed by atoms with E-state index in [0.29, 0.717) is 17.4 Å². The van der Waals surface area contributed by atoms with Gasteiger partial charge in [0.15, 0.2) is 0 Å². The van der Waals surface area contributed by atoms with E-state index in [-0.39, 0.29) is 5.95 Å². The van der Waals surface area contributed by atoms with E-state index in [1.807, 2.05) is 0 Å². The van der Waals surface area contributed by atoms with E-state index in [1.54, 1.807) is 31.6 Å². The molecule has 6 nitrogen and oxygen atoms in total. The van der Waals surface area contributed by atoms with Crippen molar-refractivity contribution in [2.45, 2.75) is 0 Å². The van der Waals surface area contributed by atoms with Crippen LogP contribution in [-0.2, 0) is 0 Å². The Balaban J connectivity index is 2.26. The molecule has 88 valence electrons. The van der Waals surface area contributed by atoms with Crippen LogP contribution in [0.4, 0.5) is 11.8 Å². The largest absolute Gasteiger partial charge is 0.437 e. The standard InChI is InChI=1S/C10H10BrN5O/c1-13-8-3-9(16-10(12)15-8)17-7-2-6(11)4-14-5-7/h2-5H,1H3,(H3,12,13,15,16). The SMILES string of the molecule is CNc1cc(Oc2cncc(Br)c2)nc(N)n1. The highest BCUT2D eigenvalue weighted by Gasteiger charge is 2.04. The van der Waals surface area contributed by atoms with Gasteiger partial charge >= 0.3 is 0 Å². The number of nitrogens with one attached hydrogen (secondary N) is 1. The number of hydrogen-bond donors (Lipinski definition) is 2. The maximum absolute atomic E-state index is 5.55. The minimum atomic E-state index is 0.148. The van der Waals surface area contributed by atoms with E-state index < -0.39 is 0 Å². The van der Waals surface area contributed by atoms with Gasteiger partial charge in [-0.3, -0.25) is 4.98 Å². The molecule has 0 unspecified atom stereocenters. The summed E-state index contributed by atoms with van der Waals surface area (Å²) >= 11 is 3.31. The number of pyridine rings is 1. The summed E-state index contributed by atoms with van der Waals surface area (Å²) in [6, 6.07) is 3.43. The molecular weight excluding hydrogens is 286 g/mol. The van der Waals surface area contributed by atoms with Gasteiger partial charge in [0.2, 0.25) is 11.8 Å². The van der Waals surface area contributed by atoms with Gasteiger partial charge in [0.25, 0.3) is 0 Å². The summed E-state index contributed by atoms with van der Waals surface area (Å²) in [6.45, 7) is 0. The predicted molar refractivity (Wildman–Crippen MR) is 68.0 cm³/mol. The summed E-state index contributed by atoms with van der Waals surface area (Å²) in [6.07, 6.45) is 3.25. The molecule has 7 heteroatoms. The molecule has 0 aliphatic heterocycles. The monoisotopic (exact) mass is 295 g/mol. The zero-order chi connectivity index (χ0) is 12.3. The van der Waals surface area contributed by atoms with Crippen LogP contribution in [-0.4, -0.2) is 22.0 Å². The topological polar surface area (TPSA) is 86.0 Å². The molecule has 0 spiro atoms. The number of hydrogen-bond acceptors (Lipinski definition) is 6. The van der Waals surface area contributed by atoms with Gasteiger partial charge in [-0.2, -0.15) is 9.97 Å². The van der Waals surface area contributed by atoms with Crippen molar-refractivity contribution in [3.8, 4) is 11.6 Å². The van der Waals surface area contributed by atoms with Gasteiger partial charge in [-0.15, -0.1) is 0 Å². The lowest BCUT2D eigenvalue weighted by Gasteiger charge is -2.06. The molecule has 0 saturated heterocycles. The van der Waals surface area contributed by atoms with Crippen LogP contribution in [0.25, 0.3) is 0 Å². The maximum Gasteiger partial charge on any atom is 0.226 e. The highest BCUT2D eigenvalue weighted by molar-refractivity contribution is 9.10. The third-order valence-electron chi connectivity index (χ3n) is 1.88. The molecule has 17 heavy (non-hydrogen) atoms. The number of ether oxygens (including phenoxy) is 1. The summed E-state index contributed by atoms with van der Waals surface area (Å²) in [7, 11) is 1.74. The summed E-state index contributed by atoms with van der Waals surface area (Å²) in [4.78, 5) is 11.9. The average molecular weight is 296 g/mol. The first-order valence-corrected chi connectivity index (χ1v) is 5.57. The highest BCUT2D eigenvalue weighted by atomic mass is 79.9. The van der Waals surface area contributed by atoms with Gasteiger partial charge in [0, 0.05) is 23.8 Å². The third-order valence-corrected chi connectivity index (χ3v) is 2.31. The van der Waals surface area contributed by atoms with Crippen molar-refractivity contribution in [1.82, 2.24) is 15.0 Å². The van der Waals surface area contributed by atoms with Crippen LogP contribution in [0.2, 0.25) is 0 Å². The van der Waals surface area contributed by atoms with Crippen molar-refractivity contribution in [2.75, 3.05) is 18.1 Å². The first-order valence-electron chi connectivity index (χ1n) is 4.78. The molecule has 2 rings (SSSR count). The molecular formula is C10H10BrN5O. The number of aromatic nitrogens is 3. The van der Waals surface area contributed by atoms with E-state index in [0.717, 1.165) is 4.47 Å². The van der Waals surface area contributed by atoms with Crippen LogP contribution in [0.5, 0.6) is 11.6 Å². The van der Waals surface area contributed by atoms with E-state index >= 15 is 0 Å². The van der Waals surface area contributed by atoms with Gasteiger partial charge < -0.3 is 15.8 Å². The summed E-state index contributed by atoms with van der Waals surface area (Å²) in [5.41, 5.74) is 5.55. The van der Waals surface area contributed by atoms with Crippen molar-refractivity contribution in [1.29, 1.82) is 0 Å². The quantitative estimate of drug-likeness (QED) is 0.901. The Morgan fingerprint density at radius 2 is 2.12 bits per heavy atom. The Labute approximate surface area is 106 Å². The second kappa shape index (κ2) is 4.96. The van der Waals surface area contributed by atoms with Crippen LogP contribution < -0.4 is 15.8 Å². The van der Waals surface area contributed by atoms with Crippen molar-refractivity contribution in [3.63, 3.8) is 0 Å². The first kappa shape index (κ1) is 11.6. The number of rotatable bonds is 3. The van der Waals surface area contributed by atoms with Crippen molar-refractivity contribution in [3.05, 3.63) is 29.0 Å². The fraction of sp³-hybridized carbons (Fsp3) is 0.100. The number of halogens is 1. The number of nitrogens with zero attached hydrogens (tertiary/aromatic N) is 3. The van der Waals surface area contributed by atoms with Gasteiger partial charge in [0.1, 0.15) is 11.6 Å². The molecule has 2 aromatic heterocycles. The normalized spacial score (nSPS) is 10.0. The minimum absolute atomic E-state index is 0.148. The van der Waals surface area contributed by atoms with Crippen LogP contribution in [0.15, 0.2) is 29.0 Å². The molecule has 0 amide bonds. The van der Waals surface area contributed by atoms with Gasteiger partial charge in [0.05, 0.1) is 6.20 Å². The lowest BCUT2D eigenvalue weighted by atomic mass is 10.4. The molecule has 0 bridgehead atoms. The zero-order valence-electron chi connectivity index (χ0n) is 9.01. The molecule has 0 saturated carbocycles. The van der Waals surface area contributed by atoms with Gasteiger partial charge in [-0.05, 0) is 22.0 Å². The lowest BCUT2D eigenvalue weighted by Crippen LogP contribution is -2.01. The van der Waals surface area contributed by atoms with Crippen LogP contribution in [0, 0.1) is 0 Å². The third kappa shape index (κ3) is 3.04. The average Bonchev–Trinajstić information content (AvgIpc) is 2.28. The second-order valence-electron chi connectivity index (χ2n) is 3.14. The Morgan fingerprint density at radius 3 is 2.82 bits per heavy atom. The Kier molecular flexibility index (Phi) is 3.38.